The average Bonchev–Trinajstić information content (AvgIpc) is 3.31. The van der Waals surface area contributed by atoms with Crippen molar-refractivity contribution in [3.63, 3.8) is 0 Å². The van der Waals surface area contributed by atoms with Gasteiger partial charge in [0.05, 0.1) is 24.0 Å². The number of benzene rings is 1. The van der Waals surface area contributed by atoms with Crippen molar-refractivity contribution in [1.82, 2.24) is 25.4 Å². The first kappa shape index (κ1) is 18.2. The molecule has 1 saturated heterocycles. The fourth-order valence-electron chi connectivity index (χ4n) is 3.21. The maximum absolute atomic E-state index is 13.3. The van der Waals surface area contributed by atoms with Crippen LogP contribution in [0.2, 0.25) is 0 Å². The molecule has 6 nitrogen and oxygen atoms in total. The van der Waals surface area contributed by atoms with Crippen LogP contribution in [0.4, 0.5) is 8.78 Å². The number of carbonyl (C=O) groups excluding carboxylic acids is 1. The third-order valence-corrected chi connectivity index (χ3v) is 4.64. The maximum Gasteiger partial charge on any atom is 0.262 e. The van der Waals surface area contributed by atoms with Crippen molar-refractivity contribution in [1.29, 1.82) is 0 Å². The van der Waals surface area contributed by atoms with Crippen LogP contribution >= 0.6 is 0 Å². The summed E-state index contributed by atoms with van der Waals surface area (Å²) in [5.41, 5.74) is 3.23. The molecule has 0 radical (unpaired) electrons. The number of halogens is 2. The molecular weight excluding hydrogens is 364 g/mol. The van der Waals surface area contributed by atoms with Crippen molar-refractivity contribution in [2.24, 2.45) is 0 Å². The fourth-order valence-corrected chi connectivity index (χ4v) is 3.21. The summed E-state index contributed by atoms with van der Waals surface area (Å²) >= 11 is 0. The molecule has 1 unspecified atom stereocenters. The van der Waals surface area contributed by atoms with Crippen LogP contribution in [0.25, 0.3) is 16.9 Å². The van der Waals surface area contributed by atoms with Crippen LogP contribution in [0.3, 0.4) is 0 Å². The van der Waals surface area contributed by atoms with E-state index in [1.165, 1.54) is 0 Å². The lowest BCUT2D eigenvalue weighted by atomic mass is 10.1. The number of para-hydroxylation sites is 1. The Bertz CT molecular complexity index is 959. The zero-order valence-corrected chi connectivity index (χ0v) is 15.0. The van der Waals surface area contributed by atoms with Gasteiger partial charge in [0.2, 0.25) is 5.91 Å². The lowest BCUT2D eigenvalue weighted by molar-refractivity contribution is -0.123. The van der Waals surface area contributed by atoms with Crippen LogP contribution in [0.5, 0.6) is 0 Å². The Hall–Kier alpha value is -3.13. The smallest absolute Gasteiger partial charge is 0.262 e. The number of alkyl halides is 2. The molecule has 144 valence electrons. The number of nitrogens with one attached hydrogen (secondary N) is 2. The van der Waals surface area contributed by atoms with Crippen molar-refractivity contribution < 1.29 is 13.6 Å². The van der Waals surface area contributed by atoms with E-state index >= 15 is 0 Å². The highest BCUT2D eigenvalue weighted by Crippen LogP contribution is 2.26. The van der Waals surface area contributed by atoms with E-state index in [0.717, 1.165) is 16.8 Å². The van der Waals surface area contributed by atoms with Crippen LogP contribution in [-0.4, -0.2) is 39.2 Å². The molecule has 1 fully saturated rings. The standard InChI is InChI=1S/C20H19F2N5O/c21-20(22)10-17(25-13-20)19(28)24-11-15-12-27(16-4-2-1-3-5-16)26-18(15)14-6-8-23-9-7-14/h1-9,12,17,25H,10-11,13H2,(H,24,28). The molecule has 1 amide bonds. The number of hydrogen-bond donors (Lipinski definition) is 2. The van der Waals surface area contributed by atoms with E-state index in [9.17, 15) is 13.6 Å². The summed E-state index contributed by atoms with van der Waals surface area (Å²) in [5.74, 6) is -3.28. The lowest BCUT2D eigenvalue weighted by Gasteiger charge is -2.11. The summed E-state index contributed by atoms with van der Waals surface area (Å²) in [6.07, 6.45) is 4.69. The quantitative estimate of drug-likeness (QED) is 0.710. The molecule has 0 saturated carbocycles. The van der Waals surface area contributed by atoms with Gasteiger partial charge < -0.3 is 5.32 Å². The molecule has 3 aromatic rings. The summed E-state index contributed by atoms with van der Waals surface area (Å²) in [6.45, 7) is -0.285. The molecule has 2 N–H and O–H groups in total. The first-order chi connectivity index (χ1) is 13.5. The highest BCUT2D eigenvalue weighted by molar-refractivity contribution is 5.82. The third-order valence-electron chi connectivity index (χ3n) is 4.64. The largest absolute Gasteiger partial charge is 0.351 e. The Morgan fingerprint density at radius 1 is 1.21 bits per heavy atom. The monoisotopic (exact) mass is 383 g/mol. The summed E-state index contributed by atoms with van der Waals surface area (Å²) in [6, 6.07) is 12.4. The number of nitrogens with zero attached hydrogens (tertiary/aromatic N) is 3. The first-order valence-electron chi connectivity index (χ1n) is 8.95. The predicted molar refractivity (Wildman–Crippen MR) is 100.0 cm³/mol. The zero-order valence-electron chi connectivity index (χ0n) is 15.0. The minimum absolute atomic E-state index is 0.188. The molecule has 1 aliphatic heterocycles. The molecule has 2 aromatic heterocycles. The number of aromatic nitrogens is 3. The van der Waals surface area contributed by atoms with Gasteiger partial charge in [0.15, 0.2) is 0 Å². The van der Waals surface area contributed by atoms with E-state index in [4.69, 9.17) is 0 Å². The van der Waals surface area contributed by atoms with Crippen LogP contribution in [0.1, 0.15) is 12.0 Å². The fraction of sp³-hybridized carbons (Fsp3) is 0.250. The molecule has 0 spiro atoms. The number of pyridine rings is 1. The molecular formula is C20H19F2N5O. The first-order valence-corrected chi connectivity index (χ1v) is 8.95. The molecule has 28 heavy (non-hydrogen) atoms. The molecule has 8 heteroatoms. The molecule has 1 aromatic carbocycles. The Morgan fingerprint density at radius 2 is 1.96 bits per heavy atom. The minimum Gasteiger partial charge on any atom is -0.351 e. The number of rotatable bonds is 5. The molecule has 0 bridgehead atoms. The molecule has 4 rings (SSSR count). The van der Waals surface area contributed by atoms with Gasteiger partial charge in [-0.2, -0.15) is 5.10 Å². The van der Waals surface area contributed by atoms with E-state index in [-0.39, 0.29) is 6.54 Å². The second-order valence-electron chi connectivity index (χ2n) is 6.73. The average molecular weight is 383 g/mol. The van der Waals surface area contributed by atoms with Gasteiger partial charge in [-0.05, 0) is 24.3 Å². The van der Waals surface area contributed by atoms with Crippen molar-refractivity contribution in [3.05, 3.63) is 66.6 Å². The van der Waals surface area contributed by atoms with E-state index in [2.05, 4.69) is 20.7 Å². The Labute approximate surface area is 160 Å². The number of amides is 1. The Morgan fingerprint density at radius 3 is 2.64 bits per heavy atom. The normalized spacial score (nSPS) is 18.1. The summed E-state index contributed by atoms with van der Waals surface area (Å²) < 4.78 is 28.4. The molecule has 3 heterocycles. The third kappa shape index (κ3) is 3.91. The van der Waals surface area contributed by atoms with Gasteiger partial charge in [0, 0.05) is 42.7 Å². The molecule has 1 aliphatic rings. The summed E-state index contributed by atoms with van der Waals surface area (Å²) in [5, 5.41) is 9.97. The number of carbonyl (C=O) groups is 1. The van der Waals surface area contributed by atoms with Gasteiger partial charge in [0.25, 0.3) is 5.92 Å². The van der Waals surface area contributed by atoms with Crippen LogP contribution in [-0.2, 0) is 11.3 Å². The van der Waals surface area contributed by atoms with E-state index in [0.29, 0.717) is 5.69 Å². The van der Waals surface area contributed by atoms with Crippen LogP contribution in [0, 0.1) is 0 Å². The zero-order chi connectivity index (χ0) is 19.6. The van der Waals surface area contributed by atoms with Gasteiger partial charge in [-0.15, -0.1) is 0 Å². The van der Waals surface area contributed by atoms with Crippen LogP contribution < -0.4 is 10.6 Å². The predicted octanol–water partition coefficient (Wildman–Crippen LogP) is 2.55. The van der Waals surface area contributed by atoms with Gasteiger partial charge in [-0.1, -0.05) is 18.2 Å². The van der Waals surface area contributed by atoms with Gasteiger partial charge in [-0.25, -0.2) is 13.5 Å². The highest BCUT2D eigenvalue weighted by atomic mass is 19.3. The minimum atomic E-state index is -2.84. The van der Waals surface area contributed by atoms with Crippen molar-refractivity contribution >= 4 is 5.91 Å². The Kier molecular flexibility index (Phi) is 4.87. The maximum atomic E-state index is 13.3. The van der Waals surface area contributed by atoms with Crippen molar-refractivity contribution in [2.45, 2.75) is 24.9 Å². The van der Waals surface area contributed by atoms with Crippen LogP contribution in [0.15, 0.2) is 61.1 Å². The summed E-state index contributed by atoms with van der Waals surface area (Å²) in [4.78, 5) is 16.3. The molecule has 1 atom stereocenters. The van der Waals surface area contributed by atoms with E-state index < -0.39 is 30.8 Å². The second-order valence-corrected chi connectivity index (χ2v) is 6.73. The SMILES string of the molecule is O=C(NCc1cn(-c2ccccc2)nc1-c1ccncc1)C1CC(F)(F)CN1. The van der Waals surface area contributed by atoms with E-state index in [1.807, 2.05) is 48.7 Å². The number of hydrogen-bond acceptors (Lipinski definition) is 4. The van der Waals surface area contributed by atoms with E-state index in [1.54, 1.807) is 17.1 Å². The topological polar surface area (TPSA) is 71.8 Å². The highest BCUT2D eigenvalue weighted by Gasteiger charge is 2.42. The van der Waals surface area contributed by atoms with Crippen molar-refractivity contribution in [2.75, 3.05) is 6.54 Å². The van der Waals surface area contributed by atoms with Gasteiger partial charge >= 0.3 is 0 Å². The summed E-state index contributed by atoms with van der Waals surface area (Å²) in [7, 11) is 0. The lowest BCUT2D eigenvalue weighted by Crippen LogP contribution is -2.40. The van der Waals surface area contributed by atoms with Gasteiger partial charge in [-0.3, -0.25) is 15.1 Å². The van der Waals surface area contributed by atoms with Gasteiger partial charge in [0.1, 0.15) is 0 Å². The Balaban J connectivity index is 1.57. The molecule has 0 aliphatic carbocycles. The van der Waals surface area contributed by atoms with Crippen molar-refractivity contribution in [3.8, 4) is 16.9 Å². The second kappa shape index (κ2) is 7.47.